The van der Waals surface area contributed by atoms with E-state index in [2.05, 4.69) is 6.92 Å². The fourth-order valence-electron chi connectivity index (χ4n) is 2.74. The first-order valence-electron chi connectivity index (χ1n) is 6.55. The van der Waals surface area contributed by atoms with Crippen molar-refractivity contribution < 1.29 is 9.90 Å². The molecule has 1 aliphatic rings. The van der Waals surface area contributed by atoms with E-state index in [-0.39, 0.29) is 0 Å². The number of carbonyl (C=O) groups is 1. The summed E-state index contributed by atoms with van der Waals surface area (Å²) in [7, 11) is 0. The maximum Gasteiger partial charge on any atom is 0.352 e. The SMILES string of the molecule is CC1CCC(CCn2cccc2C(=O)O)CC1. The minimum atomic E-state index is -0.827. The van der Waals surface area contributed by atoms with E-state index in [0.717, 1.165) is 24.8 Å². The molecule has 94 valence electrons. The van der Waals surface area contributed by atoms with Crippen molar-refractivity contribution in [3.05, 3.63) is 24.0 Å². The number of nitrogens with zero attached hydrogens (tertiary/aromatic N) is 1. The number of aromatic nitrogens is 1. The third kappa shape index (κ3) is 3.11. The topological polar surface area (TPSA) is 42.2 Å². The lowest BCUT2D eigenvalue weighted by molar-refractivity contribution is 0.0684. The van der Waals surface area contributed by atoms with Crippen LogP contribution in [0.25, 0.3) is 0 Å². The van der Waals surface area contributed by atoms with E-state index in [4.69, 9.17) is 5.11 Å². The van der Waals surface area contributed by atoms with Crippen molar-refractivity contribution in [1.82, 2.24) is 4.57 Å². The molecular weight excluding hydrogens is 214 g/mol. The monoisotopic (exact) mass is 235 g/mol. The molecule has 0 amide bonds. The first kappa shape index (κ1) is 12.2. The van der Waals surface area contributed by atoms with Gasteiger partial charge in [0.2, 0.25) is 0 Å². The lowest BCUT2D eigenvalue weighted by Crippen LogP contribution is -2.15. The van der Waals surface area contributed by atoms with Gasteiger partial charge in [-0.2, -0.15) is 0 Å². The van der Waals surface area contributed by atoms with Gasteiger partial charge in [-0.1, -0.05) is 32.6 Å². The largest absolute Gasteiger partial charge is 0.477 e. The van der Waals surface area contributed by atoms with Crippen LogP contribution in [0, 0.1) is 11.8 Å². The highest BCUT2D eigenvalue weighted by atomic mass is 16.4. The summed E-state index contributed by atoms with van der Waals surface area (Å²) >= 11 is 0. The summed E-state index contributed by atoms with van der Waals surface area (Å²) in [5.74, 6) is 0.843. The first-order valence-corrected chi connectivity index (χ1v) is 6.55. The van der Waals surface area contributed by atoms with Gasteiger partial charge in [-0.25, -0.2) is 4.79 Å². The zero-order valence-electron chi connectivity index (χ0n) is 10.4. The van der Waals surface area contributed by atoms with Crippen LogP contribution in [0.1, 0.15) is 49.5 Å². The summed E-state index contributed by atoms with van der Waals surface area (Å²) in [6.07, 6.45) is 8.27. The summed E-state index contributed by atoms with van der Waals surface area (Å²) in [6, 6.07) is 3.48. The number of hydrogen-bond donors (Lipinski definition) is 1. The van der Waals surface area contributed by atoms with Gasteiger partial charge in [0.1, 0.15) is 5.69 Å². The van der Waals surface area contributed by atoms with Gasteiger partial charge >= 0.3 is 5.97 Å². The standard InChI is InChI=1S/C14H21NO2/c1-11-4-6-12(7-5-11)8-10-15-9-2-3-13(15)14(16)17/h2-3,9,11-12H,4-8,10H2,1H3,(H,16,17). The maximum absolute atomic E-state index is 11.0. The third-order valence-electron chi connectivity index (χ3n) is 3.96. The van der Waals surface area contributed by atoms with Crippen molar-refractivity contribution in [3.8, 4) is 0 Å². The molecule has 1 aromatic heterocycles. The molecule has 0 bridgehead atoms. The van der Waals surface area contributed by atoms with E-state index in [1.165, 1.54) is 25.7 Å². The van der Waals surface area contributed by atoms with Crippen molar-refractivity contribution in [2.75, 3.05) is 0 Å². The molecule has 1 aromatic rings. The Morgan fingerprint density at radius 3 is 2.76 bits per heavy atom. The molecule has 3 nitrogen and oxygen atoms in total. The predicted molar refractivity (Wildman–Crippen MR) is 67.1 cm³/mol. The molecule has 0 atom stereocenters. The molecule has 0 unspecified atom stereocenters. The normalized spacial score (nSPS) is 24.8. The minimum absolute atomic E-state index is 0.411. The molecule has 2 rings (SSSR count). The van der Waals surface area contributed by atoms with E-state index in [1.54, 1.807) is 6.07 Å². The lowest BCUT2D eigenvalue weighted by atomic mass is 9.81. The van der Waals surface area contributed by atoms with E-state index in [0.29, 0.717) is 5.69 Å². The Morgan fingerprint density at radius 2 is 2.12 bits per heavy atom. The second-order valence-electron chi connectivity index (χ2n) is 5.31. The second kappa shape index (κ2) is 5.39. The van der Waals surface area contributed by atoms with Gasteiger partial charge in [0.25, 0.3) is 0 Å². The van der Waals surface area contributed by atoms with Crippen LogP contribution in [-0.2, 0) is 6.54 Å². The lowest BCUT2D eigenvalue weighted by Gasteiger charge is -2.26. The fourth-order valence-corrected chi connectivity index (χ4v) is 2.74. The second-order valence-corrected chi connectivity index (χ2v) is 5.31. The molecule has 1 saturated carbocycles. The zero-order valence-corrected chi connectivity index (χ0v) is 10.4. The van der Waals surface area contributed by atoms with Gasteiger partial charge in [-0.05, 0) is 30.4 Å². The molecule has 0 radical (unpaired) electrons. The molecule has 1 N–H and O–H groups in total. The van der Waals surface area contributed by atoms with Crippen molar-refractivity contribution in [2.24, 2.45) is 11.8 Å². The zero-order chi connectivity index (χ0) is 12.3. The highest BCUT2D eigenvalue weighted by Gasteiger charge is 2.18. The average Bonchev–Trinajstić information content (AvgIpc) is 2.76. The van der Waals surface area contributed by atoms with Crippen LogP contribution in [0.3, 0.4) is 0 Å². The Bertz CT molecular complexity index is 375. The molecule has 3 heteroatoms. The predicted octanol–water partition coefficient (Wildman–Crippen LogP) is 3.40. The number of rotatable bonds is 4. The van der Waals surface area contributed by atoms with Crippen LogP contribution in [0.5, 0.6) is 0 Å². The Labute approximate surface area is 102 Å². The summed E-state index contributed by atoms with van der Waals surface area (Å²) in [5.41, 5.74) is 0.411. The fraction of sp³-hybridized carbons (Fsp3) is 0.643. The molecule has 17 heavy (non-hydrogen) atoms. The number of carboxylic acids is 1. The molecule has 0 aromatic carbocycles. The van der Waals surface area contributed by atoms with Crippen molar-refractivity contribution >= 4 is 5.97 Å². The van der Waals surface area contributed by atoms with Crippen LogP contribution in [0.2, 0.25) is 0 Å². The number of aromatic carboxylic acids is 1. The smallest absolute Gasteiger partial charge is 0.352 e. The number of carboxylic acid groups (broad SMARTS) is 1. The van der Waals surface area contributed by atoms with Crippen molar-refractivity contribution in [2.45, 2.75) is 45.6 Å². The van der Waals surface area contributed by atoms with Crippen LogP contribution in [0.4, 0.5) is 0 Å². The minimum Gasteiger partial charge on any atom is -0.477 e. The van der Waals surface area contributed by atoms with Gasteiger partial charge in [0, 0.05) is 12.7 Å². The van der Waals surface area contributed by atoms with E-state index in [9.17, 15) is 4.79 Å². The van der Waals surface area contributed by atoms with Gasteiger partial charge < -0.3 is 9.67 Å². The molecule has 0 aliphatic heterocycles. The van der Waals surface area contributed by atoms with Gasteiger partial charge in [-0.3, -0.25) is 0 Å². The molecule has 1 aliphatic carbocycles. The molecule has 0 spiro atoms. The van der Waals surface area contributed by atoms with E-state index >= 15 is 0 Å². The third-order valence-corrected chi connectivity index (χ3v) is 3.96. The summed E-state index contributed by atoms with van der Waals surface area (Å²) in [4.78, 5) is 11.0. The highest BCUT2D eigenvalue weighted by Crippen LogP contribution is 2.30. The van der Waals surface area contributed by atoms with Gasteiger partial charge in [0.05, 0.1) is 0 Å². The van der Waals surface area contributed by atoms with Crippen LogP contribution in [-0.4, -0.2) is 15.6 Å². The van der Waals surface area contributed by atoms with Crippen LogP contribution in [0.15, 0.2) is 18.3 Å². The first-order chi connectivity index (χ1) is 8.16. The molecule has 0 saturated heterocycles. The van der Waals surface area contributed by atoms with E-state index in [1.807, 2.05) is 16.8 Å². The Morgan fingerprint density at radius 1 is 1.41 bits per heavy atom. The highest BCUT2D eigenvalue weighted by molar-refractivity contribution is 5.85. The summed E-state index contributed by atoms with van der Waals surface area (Å²) < 4.78 is 1.86. The Balaban J connectivity index is 1.85. The average molecular weight is 235 g/mol. The maximum atomic E-state index is 11.0. The quantitative estimate of drug-likeness (QED) is 0.869. The van der Waals surface area contributed by atoms with Gasteiger partial charge in [0.15, 0.2) is 0 Å². The van der Waals surface area contributed by atoms with Crippen LogP contribution < -0.4 is 0 Å². The summed E-state index contributed by atoms with van der Waals surface area (Å²) in [6.45, 7) is 3.17. The van der Waals surface area contributed by atoms with Gasteiger partial charge in [-0.15, -0.1) is 0 Å². The number of hydrogen-bond acceptors (Lipinski definition) is 1. The van der Waals surface area contributed by atoms with Crippen LogP contribution >= 0.6 is 0 Å². The molecule has 1 fully saturated rings. The molecular formula is C14H21NO2. The Hall–Kier alpha value is -1.25. The Kier molecular flexibility index (Phi) is 3.87. The molecule has 1 heterocycles. The van der Waals surface area contributed by atoms with Crippen molar-refractivity contribution in [3.63, 3.8) is 0 Å². The van der Waals surface area contributed by atoms with E-state index < -0.39 is 5.97 Å². The van der Waals surface area contributed by atoms with Crippen molar-refractivity contribution in [1.29, 1.82) is 0 Å². The number of aryl methyl sites for hydroxylation is 1. The summed E-state index contributed by atoms with van der Waals surface area (Å²) in [5, 5.41) is 9.01.